The van der Waals surface area contributed by atoms with Crippen LogP contribution in [0, 0.1) is 5.92 Å². The minimum atomic E-state index is 0.111. The molecule has 2 rings (SSSR count). The number of pyridine rings is 1. The van der Waals surface area contributed by atoms with Gasteiger partial charge in [0.15, 0.2) is 0 Å². The average Bonchev–Trinajstić information content (AvgIpc) is 2.70. The van der Waals surface area contributed by atoms with E-state index in [9.17, 15) is 4.79 Å². The summed E-state index contributed by atoms with van der Waals surface area (Å²) in [6, 6.07) is 1.85. The average molecular weight is 287 g/mol. The molecular formula is C10H11BrN2OS. The molecule has 1 amide bonds. The molecule has 15 heavy (non-hydrogen) atoms. The summed E-state index contributed by atoms with van der Waals surface area (Å²) >= 11 is 5.16. The second kappa shape index (κ2) is 4.99. The van der Waals surface area contributed by atoms with Crippen LogP contribution < -0.4 is 5.32 Å². The van der Waals surface area contributed by atoms with Crippen molar-refractivity contribution in [1.82, 2.24) is 4.98 Å². The van der Waals surface area contributed by atoms with Crippen molar-refractivity contribution in [3.63, 3.8) is 0 Å². The van der Waals surface area contributed by atoms with Crippen LogP contribution in [-0.2, 0) is 4.79 Å². The molecule has 5 heteroatoms. The Morgan fingerprint density at radius 3 is 3.13 bits per heavy atom. The maximum atomic E-state index is 11.8. The molecule has 0 aromatic carbocycles. The van der Waals surface area contributed by atoms with Crippen molar-refractivity contribution in [2.45, 2.75) is 6.42 Å². The fraction of sp³-hybridized carbons (Fsp3) is 0.400. The number of aromatic nitrogens is 1. The highest BCUT2D eigenvalue weighted by atomic mass is 79.9. The molecule has 1 fully saturated rings. The van der Waals surface area contributed by atoms with Crippen LogP contribution in [0.1, 0.15) is 6.42 Å². The van der Waals surface area contributed by atoms with Gasteiger partial charge in [-0.2, -0.15) is 11.8 Å². The lowest BCUT2D eigenvalue weighted by atomic mass is 10.1. The number of hydrogen-bond acceptors (Lipinski definition) is 3. The van der Waals surface area contributed by atoms with Crippen molar-refractivity contribution < 1.29 is 4.79 Å². The third-order valence-corrected chi connectivity index (χ3v) is 3.87. The summed E-state index contributed by atoms with van der Waals surface area (Å²) in [5, 5.41) is 2.88. The van der Waals surface area contributed by atoms with Gasteiger partial charge in [0.05, 0.1) is 11.9 Å². The van der Waals surface area contributed by atoms with Gasteiger partial charge in [-0.05, 0) is 34.2 Å². The smallest absolute Gasteiger partial charge is 0.228 e. The predicted molar refractivity (Wildman–Crippen MR) is 66.0 cm³/mol. The summed E-state index contributed by atoms with van der Waals surface area (Å²) in [5.74, 6) is 2.30. The van der Waals surface area contributed by atoms with Crippen LogP contribution in [0.2, 0.25) is 0 Å². The highest BCUT2D eigenvalue weighted by Crippen LogP contribution is 2.24. The summed E-state index contributed by atoms with van der Waals surface area (Å²) in [4.78, 5) is 15.8. The van der Waals surface area contributed by atoms with Crippen molar-refractivity contribution in [3.8, 4) is 0 Å². The number of nitrogens with zero attached hydrogens (tertiary/aromatic N) is 1. The van der Waals surface area contributed by atoms with Crippen LogP contribution in [0.3, 0.4) is 0 Å². The zero-order chi connectivity index (χ0) is 10.7. The molecular weight excluding hydrogens is 276 g/mol. The molecule has 2 heterocycles. The van der Waals surface area contributed by atoms with E-state index >= 15 is 0 Å². The van der Waals surface area contributed by atoms with E-state index < -0.39 is 0 Å². The number of rotatable bonds is 2. The first-order valence-electron chi connectivity index (χ1n) is 4.75. The standard InChI is InChI=1S/C10H11BrN2OS/c11-8-3-9(5-12-4-8)13-10(14)7-1-2-15-6-7/h3-5,7H,1-2,6H2,(H,13,14). The quantitative estimate of drug-likeness (QED) is 0.909. The Balaban J connectivity index is 1.99. The van der Waals surface area contributed by atoms with Crippen LogP contribution in [0.4, 0.5) is 5.69 Å². The first-order chi connectivity index (χ1) is 7.25. The van der Waals surface area contributed by atoms with Crippen LogP contribution in [0.25, 0.3) is 0 Å². The van der Waals surface area contributed by atoms with E-state index in [-0.39, 0.29) is 11.8 Å². The SMILES string of the molecule is O=C(Nc1cncc(Br)c1)C1CCSC1. The molecule has 0 bridgehead atoms. The Morgan fingerprint density at radius 1 is 1.60 bits per heavy atom. The third-order valence-electron chi connectivity index (χ3n) is 2.27. The van der Waals surface area contributed by atoms with Crippen LogP contribution in [0.5, 0.6) is 0 Å². The van der Waals surface area contributed by atoms with Crippen LogP contribution >= 0.6 is 27.7 Å². The van der Waals surface area contributed by atoms with Gasteiger partial charge in [0.25, 0.3) is 0 Å². The number of halogens is 1. The number of carbonyl (C=O) groups is 1. The molecule has 3 nitrogen and oxygen atoms in total. The topological polar surface area (TPSA) is 42.0 Å². The first kappa shape index (κ1) is 11.0. The van der Waals surface area contributed by atoms with Crippen LogP contribution in [0.15, 0.2) is 22.9 Å². The summed E-state index contributed by atoms with van der Waals surface area (Å²) < 4.78 is 0.876. The zero-order valence-electron chi connectivity index (χ0n) is 8.07. The predicted octanol–water partition coefficient (Wildman–Crippen LogP) is 2.54. The van der Waals surface area contributed by atoms with E-state index in [4.69, 9.17) is 0 Å². The van der Waals surface area contributed by atoms with Gasteiger partial charge in [-0.25, -0.2) is 0 Å². The Morgan fingerprint density at radius 2 is 2.47 bits per heavy atom. The van der Waals surface area contributed by atoms with Gasteiger partial charge < -0.3 is 5.32 Å². The van der Waals surface area contributed by atoms with Crippen LogP contribution in [-0.4, -0.2) is 22.4 Å². The molecule has 1 unspecified atom stereocenters. The lowest BCUT2D eigenvalue weighted by molar-refractivity contribution is -0.119. The van der Waals surface area contributed by atoms with Gasteiger partial charge in [0.1, 0.15) is 0 Å². The van der Waals surface area contributed by atoms with Crippen molar-refractivity contribution in [1.29, 1.82) is 0 Å². The molecule has 80 valence electrons. The van der Waals surface area contributed by atoms with Gasteiger partial charge >= 0.3 is 0 Å². The molecule has 1 aromatic heterocycles. The molecule has 1 aliphatic rings. The Bertz CT molecular complexity index is 366. The second-order valence-corrected chi connectivity index (χ2v) is 5.51. The van der Waals surface area contributed by atoms with Gasteiger partial charge in [-0.3, -0.25) is 9.78 Å². The minimum absolute atomic E-state index is 0.111. The fourth-order valence-electron chi connectivity index (χ4n) is 1.47. The Kier molecular flexibility index (Phi) is 3.64. The Labute approximate surface area is 101 Å². The summed E-state index contributed by atoms with van der Waals surface area (Å²) in [6.45, 7) is 0. The third kappa shape index (κ3) is 2.95. The Hall–Kier alpha value is -0.550. The zero-order valence-corrected chi connectivity index (χ0v) is 10.5. The summed E-state index contributed by atoms with van der Waals surface area (Å²) in [5.41, 5.74) is 0.756. The normalized spacial score (nSPS) is 20.2. The van der Waals surface area contributed by atoms with Crippen molar-refractivity contribution in [2.24, 2.45) is 5.92 Å². The van der Waals surface area contributed by atoms with Crippen molar-refractivity contribution >= 4 is 39.3 Å². The molecule has 0 aliphatic carbocycles. The highest BCUT2D eigenvalue weighted by Gasteiger charge is 2.23. The molecule has 1 aliphatic heterocycles. The van der Waals surface area contributed by atoms with Gasteiger partial charge in [-0.15, -0.1) is 0 Å². The van der Waals surface area contributed by atoms with Gasteiger partial charge in [-0.1, -0.05) is 0 Å². The molecule has 1 saturated heterocycles. The van der Waals surface area contributed by atoms with Crippen molar-refractivity contribution in [3.05, 3.63) is 22.9 Å². The molecule has 1 atom stereocenters. The van der Waals surface area contributed by atoms with Crippen molar-refractivity contribution in [2.75, 3.05) is 16.8 Å². The maximum Gasteiger partial charge on any atom is 0.228 e. The summed E-state index contributed by atoms with van der Waals surface area (Å²) in [6.07, 6.45) is 4.34. The van der Waals surface area contributed by atoms with Gasteiger partial charge in [0.2, 0.25) is 5.91 Å². The highest BCUT2D eigenvalue weighted by molar-refractivity contribution is 9.10. The molecule has 0 spiro atoms. The van der Waals surface area contributed by atoms with E-state index in [0.717, 1.165) is 28.1 Å². The lowest BCUT2D eigenvalue weighted by Gasteiger charge is -2.09. The molecule has 0 radical (unpaired) electrons. The number of nitrogens with one attached hydrogen (secondary N) is 1. The van der Waals surface area contributed by atoms with E-state index in [1.165, 1.54) is 0 Å². The molecule has 1 N–H and O–H groups in total. The van der Waals surface area contributed by atoms with E-state index in [1.54, 1.807) is 12.4 Å². The largest absolute Gasteiger partial charge is 0.324 e. The van der Waals surface area contributed by atoms with E-state index in [2.05, 4.69) is 26.2 Å². The van der Waals surface area contributed by atoms with E-state index in [1.807, 2.05) is 17.8 Å². The number of thioether (sulfide) groups is 1. The number of carbonyl (C=O) groups excluding carboxylic acids is 1. The minimum Gasteiger partial charge on any atom is -0.324 e. The molecule has 1 aromatic rings. The first-order valence-corrected chi connectivity index (χ1v) is 6.69. The van der Waals surface area contributed by atoms with E-state index in [0.29, 0.717) is 0 Å². The fourth-order valence-corrected chi connectivity index (χ4v) is 3.05. The van der Waals surface area contributed by atoms with Gasteiger partial charge in [0, 0.05) is 22.3 Å². The summed E-state index contributed by atoms with van der Waals surface area (Å²) in [7, 11) is 0. The lowest BCUT2D eigenvalue weighted by Crippen LogP contribution is -2.22. The maximum absolute atomic E-state index is 11.8. The molecule has 0 saturated carbocycles. The monoisotopic (exact) mass is 286 g/mol. The number of anilines is 1. The second-order valence-electron chi connectivity index (χ2n) is 3.44. The number of amides is 1. The number of hydrogen-bond donors (Lipinski definition) is 1.